The van der Waals surface area contributed by atoms with Crippen molar-refractivity contribution < 1.29 is 8.42 Å². The highest BCUT2D eigenvalue weighted by atomic mass is 32.2. The lowest BCUT2D eigenvalue weighted by molar-refractivity contribution is 0.595. The molecular weight excluding hydrogens is 328 g/mol. The van der Waals surface area contributed by atoms with E-state index in [-0.39, 0.29) is 6.04 Å². The Hall–Kier alpha value is -1.79. The van der Waals surface area contributed by atoms with Gasteiger partial charge in [0.1, 0.15) is 5.84 Å². The molecule has 4 nitrogen and oxygen atoms in total. The Morgan fingerprint density at radius 3 is 2.52 bits per heavy atom. The summed E-state index contributed by atoms with van der Waals surface area (Å²) in [6.07, 6.45) is 0. The van der Waals surface area contributed by atoms with Gasteiger partial charge in [-0.3, -0.25) is 9.71 Å². The van der Waals surface area contributed by atoms with Crippen LogP contribution in [0, 0.1) is 0 Å². The molecule has 0 spiro atoms. The fraction of sp³-hybridized carbons (Fsp3) is 0.235. The molecule has 0 bridgehead atoms. The van der Waals surface area contributed by atoms with Crippen LogP contribution < -0.4 is 4.72 Å². The molecule has 1 unspecified atom stereocenters. The highest BCUT2D eigenvalue weighted by molar-refractivity contribution is 7.99. The molecule has 23 heavy (non-hydrogen) atoms. The summed E-state index contributed by atoms with van der Waals surface area (Å²) in [6, 6.07) is 15.0. The van der Waals surface area contributed by atoms with E-state index in [1.165, 1.54) is 4.90 Å². The lowest BCUT2D eigenvalue weighted by Gasteiger charge is -2.09. The van der Waals surface area contributed by atoms with E-state index in [4.69, 9.17) is 0 Å². The number of rotatable bonds is 4. The maximum absolute atomic E-state index is 12.1. The van der Waals surface area contributed by atoms with E-state index < -0.39 is 10.0 Å². The number of nitrogens with one attached hydrogen (secondary N) is 1. The molecule has 3 rings (SSSR count). The Morgan fingerprint density at radius 1 is 1.13 bits per heavy atom. The van der Waals surface area contributed by atoms with Gasteiger partial charge in [-0.1, -0.05) is 31.2 Å². The number of nitrogens with zero attached hydrogens (tertiary/aromatic N) is 1. The van der Waals surface area contributed by atoms with Crippen LogP contribution in [-0.2, 0) is 10.0 Å². The van der Waals surface area contributed by atoms with Gasteiger partial charge in [-0.15, -0.1) is 11.8 Å². The van der Waals surface area contributed by atoms with Crippen LogP contribution in [0.3, 0.4) is 0 Å². The molecule has 1 aliphatic heterocycles. The molecule has 2 aromatic rings. The smallest absolute Gasteiger partial charge is 0.263 e. The van der Waals surface area contributed by atoms with Gasteiger partial charge < -0.3 is 0 Å². The summed E-state index contributed by atoms with van der Waals surface area (Å²) in [4.78, 5) is 6.10. The van der Waals surface area contributed by atoms with Crippen molar-refractivity contribution in [2.45, 2.75) is 29.7 Å². The Morgan fingerprint density at radius 2 is 1.83 bits per heavy atom. The van der Waals surface area contributed by atoms with Gasteiger partial charge in [0.15, 0.2) is 0 Å². The quantitative estimate of drug-likeness (QED) is 0.861. The first kappa shape index (κ1) is 16.1. The van der Waals surface area contributed by atoms with Crippen molar-refractivity contribution in [3.8, 4) is 0 Å². The summed E-state index contributed by atoms with van der Waals surface area (Å²) in [5, 5.41) is 0. The zero-order valence-corrected chi connectivity index (χ0v) is 14.6. The van der Waals surface area contributed by atoms with E-state index in [1.807, 2.05) is 25.1 Å². The van der Waals surface area contributed by atoms with E-state index in [0.29, 0.717) is 16.3 Å². The van der Waals surface area contributed by atoms with Crippen LogP contribution >= 0.6 is 11.8 Å². The first-order valence-electron chi connectivity index (χ1n) is 7.44. The number of amidine groups is 1. The van der Waals surface area contributed by atoms with Gasteiger partial charge >= 0.3 is 0 Å². The standard InChI is InChI=1S/C17H18N2O2S2/c1-3-22-14-10-8-13(9-11-14)12(2)18-17-15-6-4-5-7-16(15)23(20,21)19-17/h4-12H,3H2,1-2H3,(H,18,19). The molecule has 0 aromatic heterocycles. The van der Waals surface area contributed by atoms with Crippen LogP contribution in [0.2, 0.25) is 0 Å². The second-order valence-electron chi connectivity index (χ2n) is 5.26. The van der Waals surface area contributed by atoms with Crippen LogP contribution in [-0.4, -0.2) is 20.0 Å². The van der Waals surface area contributed by atoms with Crippen LogP contribution in [0.15, 0.2) is 63.3 Å². The van der Waals surface area contributed by atoms with E-state index in [0.717, 1.165) is 11.3 Å². The normalized spacial score (nSPS) is 18.4. The molecular formula is C17H18N2O2S2. The number of hydrogen-bond donors (Lipinski definition) is 1. The first-order valence-corrected chi connectivity index (χ1v) is 9.91. The second kappa shape index (κ2) is 6.37. The molecule has 1 heterocycles. The highest BCUT2D eigenvalue weighted by Crippen LogP contribution is 2.26. The summed E-state index contributed by atoms with van der Waals surface area (Å²) in [7, 11) is -3.48. The number of aliphatic imine (C=N–C) groups is 1. The average molecular weight is 346 g/mol. The van der Waals surface area contributed by atoms with Crippen molar-refractivity contribution in [1.29, 1.82) is 0 Å². The summed E-state index contributed by atoms with van der Waals surface area (Å²) >= 11 is 1.79. The Labute approximate surface area is 141 Å². The van der Waals surface area contributed by atoms with E-state index in [9.17, 15) is 8.42 Å². The molecule has 120 valence electrons. The van der Waals surface area contributed by atoms with Gasteiger partial charge in [-0.05, 0) is 42.5 Å². The predicted octanol–water partition coefficient (Wildman–Crippen LogP) is 3.60. The number of fused-ring (bicyclic) bond motifs is 1. The lowest BCUT2D eigenvalue weighted by atomic mass is 10.1. The van der Waals surface area contributed by atoms with Gasteiger partial charge in [0.25, 0.3) is 10.0 Å². The molecule has 0 aliphatic carbocycles. The van der Waals surface area contributed by atoms with E-state index in [1.54, 1.807) is 30.0 Å². The molecule has 1 atom stereocenters. The maximum atomic E-state index is 12.1. The summed E-state index contributed by atoms with van der Waals surface area (Å²) < 4.78 is 26.8. The fourth-order valence-corrected chi connectivity index (χ4v) is 4.41. The topological polar surface area (TPSA) is 58.5 Å². The largest absolute Gasteiger partial charge is 0.263 e. The van der Waals surface area contributed by atoms with Crippen molar-refractivity contribution in [1.82, 2.24) is 4.72 Å². The predicted molar refractivity (Wildman–Crippen MR) is 94.6 cm³/mol. The Bertz CT molecular complexity index is 843. The van der Waals surface area contributed by atoms with Crippen molar-refractivity contribution >= 4 is 27.6 Å². The molecule has 1 N–H and O–H groups in total. The van der Waals surface area contributed by atoms with E-state index >= 15 is 0 Å². The minimum atomic E-state index is -3.48. The number of sulfonamides is 1. The van der Waals surface area contributed by atoms with Gasteiger partial charge in [0, 0.05) is 10.5 Å². The Balaban J connectivity index is 1.90. The van der Waals surface area contributed by atoms with Crippen molar-refractivity contribution in [2.24, 2.45) is 4.99 Å². The van der Waals surface area contributed by atoms with Crippen LogP contribution in [0.4, 0.5) is 0 Å². The molecule has 0 amide bonds. The zero-order valence-electron chi connectivity index (χ0n) is 13.0. The molecule has 0 radical (unpaired) electrons. The SMILES string of the molecule is CCSc1ccc(C(C)N=C2NS(=O)(=O)c3ccccc32)cc1. The van der Waals surface area contributed by atoms with Gasteiger partial charge in [0.05, 0.1) is 10.9 Å². The minimum absolute atomic E-state index is 0.125. The molecule has 0 saturated heterocycles. The van der Waals surface area contributed by atoms with Gasteiger partial charge in [-0.25, -0.2) is 8.42 Å². The first-order chi connectivity index (χ1) is 11.0. The Kier molecular flexibility index (Phi) is 4.46. The minimum Gasteiger partial charge on any atom is -0.263 e. The maximum Gasteiger partial charge on any atom is 0.263 e. The average Bonchev–Trinajstić information content (AvgIpc) is 2.80. The molecule has 0 fully saturated rings. The highest BCUT2D eigenvalue weighted by Gasteiger charge is 2.30. The summed E-state index contributed by atoms with van der Waals surface area (Å²) in [5.74, 6) is 1.45. The monoisotopic (exact) mass is 346 g/mol. The summed E-state index contributed by atoms with van der Waals surface area (Å²) in [6.45, 7) is 4.08. The van der Waals surface area contributed by atoms with Gasteiger partial charge in [0.2, 0.25) is 0 Å². The fourth-order valence-electron chi connectivity index (χ4n) is 2.51. The molecule has 2 aromatic carbocycles. The molecule has 1 aliphatic rings. The summed E-state index contributed by atoms with van der Waals surface area (Å²) in [5.41, 5.74) is 1.69. The third kappa shape index (κ3) is 3.28. The lowest BCUT2D eigenvalue weighted by Crippen LogP contribution is -2.22. The van der Waals surface area contributed by atoms with Crippen molar-refractivity contribution in [3.63, 3.8) is 0 Å². The van der Waals surface area contributed by atoms with E-state index in [2.05, 4.69) is 28.8 Å². The van der Waals surface area contributed by atoms with Crippen molar-refractivity contribution in [3.05, 3.63) is 59.7 Å². The second-order valence-corrected chi connectivity index (χ2v) is 8.25. The number of thioether (sulfide) groups is 1. The number of benzene rings is 2. The molecule has 6 heteroatoms. The molecule has 0 saturated carbocycles. The van der Waals surface area contributed by atoms with Crippen LogP contribution in [0.1, 0.15) is 31.0 Å². The third-order valence-corrected chi connectivity index (χ3v) is 5.95. The van der Waals surface area contributed by atoms with Gasteiger partial charge in [-0.2, -0.15) is 0 Å². The van der Waals surface area contributed by atoms with Crippen molar-refractivity contribution in [2.75, 3.05) is 5.75 Å². The number of hydrogen-bond acceptors (Lipinski definition) is 4. The van der Waals surface area contributed by atoms with Crippen LogP contribution in [0.5, 0.6) is 0 Å². The zero-order chi connectivity index (χ0) is 16.4. The third-order valence-electron chi connectivity index (χ3n) is 3.66. The van der Waals surface area contributed by atoms with Crippen LogP contribution in [0.25, 0.3) is 0 Å².